The van der Waals surface area contributed by atoms with Crippen LogP contribution in [0, 0.1) is 11.8 Å². The largest absolute Gasteiger partial charge is 0.443 e. The molecule has 0 aliphatic heterocycles. The molecule has 0 radical (unpaired) electrons. The summed E-state index contributed by atoms with van der Waals surface area (Å²) in [4.78, 5) is 42.1. The van der Waals surface area contributed by atoms with Gasteiger partial charge in [0.25, 0.3) is 8.32 Å². The van der Waals surface area contributed by atoms with Gasteiger partial charge in [-0.15, -0.1) is 6.58 Å². The molecule has 0 fully saturated rings. The summed E-state index contributed by atoms with van der Waals surface area (Å²) in [6, 6.07) is 28.0. The van der Waals surface area contributed by atoms with Gasteiger partial charge in [0, 0.05) is 18.4 Å². The van der Waals surface area contributed by atoms with E-state index in [0.29, 0.717) is 4.90 Å². The van der Waals surface area contributed by atoms with Crippen molar-refractivity contribution in [2.75, 3.05) is 11.5 Å². The van der Waals surface area contributed by atoms with Crippen LogP contribution in [0.5, 0.6) is 0 Å². The van der Waals surface area contributed by atoms with Gasteiger partial charge in [-0.1, -0.05) is 106 Å². The maximum atomic E-state index is 14.5. The maximum Gasteiger partial charge on any atom is 0.425 e. The highest BCUT2D eigenvalue weighted by molar-refractivity contribution is 7.95. The number of aromatic nitrogens is 4. The number of imide groups is 1. The van der Waals surface area contributed by atoms with E-state index >= 15 is 0 Å². The van der Waals surface area contributed by atoms with Crippen LogP contribution in [-0.2, 0) is 23.7 Å². The minimum atomic E-state index is -4.03. The molecule has 0 N–H and O–H groups in total. The average Bonchev–Trinajstić information content (AvgIpc) is 3.77. The van der Waals surface area contributed by atoms with Gasteiger partial charge in [-0.05, 0) is 75.2 Å². The lowest BCUT2D eigenvalue weighted by Crippen LogP contribution is -2.67. The summed E-state index contributed by atoms with van der Waals surface area (Å²) in [5, 5.41) is 1.78. The standard InChI is InChI=1S/C45H53N5O7SSi/c1-11-34-35(28-55-59(45(8,9)10,32-23-17-13-18-24-32)33-25-19-14-20-26-33)36(27-37(34)58(53,54)31-21-15-12-16-22-31)49-30-48-38-39(49)46-29-47-40(38)50(41(51)56-43(2,3)4)42(52)57-44(5,6)7/h11-27,29-30,34-36H,1,28H2,2-10H3/t34-,35-,36-/m1/s1. The average molecular weight is 836 g/mol. The lowest BCUT2D eigenvalue weighted by atomic mass is 9.93. The van der Waals surface area contributed by atoms with E-state index in [-0.39, 0.29) is 38.4 Å². The van der Waals surface area contributed by atoms with E-state index in [1.54, 1.807) is 88.6 Å². The Balaban J connectivity index is 1.53. The second kappa shape index (κ2) is 16.3. The topological polar surface area (TPSA) is 143 Å². The number of hydrogen-bond donors (Lipinski definition) is 0. The van der Waals surface area contributed by atoms with Gasteiger partial charge in [0.05, 0.1) is 22.2 Å². The van der Waals surface area contributed by atoms with Crippen molar-refractivity contribution in [2.45, 2.75) is 89.5 Å². The fourth-order valence-corrected chi connectivity index (χ4v) is 14.0. The third-order valence-electron chi connectivity index (χ3n) is 10.1. The molecule has 1 aliphatic carbocycles. The number of carbonyl (C=O) groups is 2. The molecule has 14 heteroatoms. The van der Waals surface area contributed by atoms with Crippen LogP contribution in [0.4, 0.5) is 15.4 Å². The number of hydrogen-bond acceptors (Lipinski definition) is 10. The summed E-state index contributed by atoms with van der Waals surface area (Å²) in [5.74, 6) is -1.38. The summed E-state index contributed by atoms with van der Waals surface area (Å²) in [7, 11) is -7.14. The van der Waals surface area contributed by atoms with Crippen molar-refractivity contribution in [3.63, 3.8) is 0 Å². The Morgan fingerprint density at radius 1 is 0.780 bits per heavy atom. The molecule has 2 heterocycles. The minimum absolute atomic E-state index is 0.0961. The molecule has 6 rings (SSSR count). The molecule has 3 atom stereocenters. The number of rotatable bonds is 10. The number of sulfone groups is 1. The highest BCUT2D eigenvalue weighted by Gasteiger charge is 2.52. The third-order valence-corrected chi connectivity index (χ3v) is 17.0. The second-order valence-corrected chi connectivity index (χ2v) is 23.8. The Hall–Kier alpha value is -5.44. The number of carbonyl (C=O) groups excluding carboxylic acids is 2. The molecular formula is C45H53N5O7SSi. The molecule has 0 unspecified atom stereocenters. The van der Waals surface area contributed by atoms with E-state index in [2.05, 4.69) is 66.6 Å². The Bertz CT molecular complexity index is 2390. The fourth-order valence-electron chi connectivity index (χ4n) is 7.68. The zero-order valence-electron chi connectivity index (χ0n) is 35.1. The second-order valence-electron chi connectivity index (χ2n) is 17.6. The summed E-state index contributed by atoms with van der Waals surface area (Å²) in [6.45, 7) is 20.9. The molecule has 59 heavy (non-hydrogen) atoms. The molecule has 2 aromatic heterocycles. The number of imidazole rings is 1. The van der Waals surface area contributed by atoms with Crippen LogP contribution in [0.25, 0.3) is 11.2 Å². The van der Waals surface area contributed by atoms with Gasteiger partial charge in [0.2, 0.25) is 9.84 Å². The molecule has 12 nitrogen and oxygen atoms in total. The molecule has 0 saturated carbocycles. The number of anilines is 1. The summed E-state index contributed by atoms with van der Waals surface area (Å²) in [5.41, 5.74) is -1.59. The first kappa shape index (κ1) is 43.1. The van der Waals surface area contributed by atoms with E-state index in [1.807, 2.05) is 36.4 Å². The van der Waals surface area contributed by atoms with Crippen molar-refractivity contribution in [2.24, 2.45) is 11.8 Å². The highest BCUT2D eigenvalue weighted by Crippen LogP contribution is 2.47. The van der Waals surface area contributed by atoms with Gasteiger partial charge in [0.15, 0.2) is 17.0 Å². The molecule has 310 valence electrons. The monoisotopic (exact) mass is 835 g/mol. The fraction of sp³-hybridized carbons (Fsp3) is 0.356. The van der Waals surface area contributed by atoms with Crippen LogP contribution < -0.4 is 15.3 Å². The molecule has 0 spiro atoms. The van der Waals surface area contributed by atoms with Gasteiger partial charge in [-0.2, -0.15) is 4.90 Å². The third kappa shape index (κ3) is 8.66. The van der Waals surface area contributed by atoms with Crippen LogP contribution in [0.1, 0.15) is 68.4 Å². The first-order valence-corrected chi connectivity index (χ1v) is 22.9. The molecule has 2 amide bonds. The van der Waals surface area contributed by atoms with Crippen LogP contribution in [0.15, 0.2) is 132 Å². The van der Waals surface area contributed by atoms with Crippen LogP contribution in [0.2, 0.25) is 5.04 Å². The molecule has 3 aromatic carbocycles. The number of nitrogens with zero attached hydrogens (tertiary/aromatic N) is 5. The Morgan fingerprint density at radius 3 is 1.76 bits per heavy atom. The smallest absolute Gasteiger partial charge is 0.425 e. The zero-order chi connectivity index (χ0) is 43.0. The normalized spacial score (nSPS) is 17.6. The molecule has 0 bridgehead atoms. The molecule has 5 aromatic rings. The van der Waals surface area contributed by atoms with E-state index in [1.165, 1.54) is 12.7 Å². The van der Waals surface area contributed by atoms with Crippen molar-refractivity contribution in [3.8, 4) is 0 Å². The Morgan fingerprint density at radius 2 is 1.29 bits per heavy atom. The predicted octanol–water partition coefficient (Wildman–Crippen LogP) is 8.41. The van der Waals surface area contributed by atoms with E-state index in [4.69, 9.17) is 13.9 Å². The molecule has 1 aliphatic rings. The Labute approximate surface area is 348 Å². The number of amides is 2. The zero-order valence-corrected chi connectivity index (χ0v) is 36.9. The summed E-state index contributed by atoms with van der Waals surface area (Å²) < 4.78 is 49.6. The quantitative estimate of drug-likeness (QED) is 0.0994. The van der Waals surface area contributed by atoms with Crippen LogP contribution >= 0.6 is 0 Å². The van der Waals surface area contributed by atoms with E-state index in [0.717, 1.165) is 10.4 Å². The van der Waals surface area contributed by atoms with Gasteiger partial charge in [-0.25, -0.2) is 33.0 Å². The van der Waals surface area contributed by atoms with Crippen molar-refractivity contribution >= 4 is 57.7 Å². The predicted molar refractivity (Wildman–Crippen MR) is 232 cm³/mol. The lowest BCUT2D eigenvalue weighted by molar-refractivity contribution is 0.0429. The highest BCUT2D eigenvalue weighted by atomic mass is 32.2. The number of benzene rings is 3. The van der Waals surface area contributed by atoms with Gasteiger partial charge in [0.1, 0.15) is 17.5 Å². The first-order valence-electron chi connectivity index (χ1n) is 19.5. The molecule has 0 saturated heterocycles. The SMILES string of the molecule is C=C[C@H]1C(S(=O)(=O)c2ccccc2)=C[C@@H](n2cnc3c(N(C(=O)OC(C)(C)C)C(=O)OC(C)(C)C)ncnc32)[C@@H]1CO[Si](c1ccccc1)(c1ccccc1)C(C)(C)C. The molecular weight excluding hydrogens is 783 g/mol. The van der Waals surface area contributed by atoms with Gasteiger partial charge >= 0.3 is 12.2 Å². The summed E-state index contributed by atoms with van der Waals surface area (Å²) >= 11 is 0. The van der Waals surface area contributed by atoms with Crippen LogP contribution in [0.3, 0.4) is 0 Å². The van der Waals surface area contributed by atoms with Gasteiger partial charge in [-0.3, -0.25) is 0 Å². The van der Waals surface area contributed by atoms with E-state index < -0.39 is 59.4 Å². The summed E-state index contributed by atoms with van der Waals surface area (Å²) in [6.07, 6.45) is 4.09. The van der Waals surface area contributed by atoms with Crippen molar-refractivity contribution in [1.29, 1.82) is 0 Å². The van der Waals surface area contributed by atoms with Crippen molar-refractivity contribution < 1.29 is 31.9 Å². The Kier molecular flexibility index (Phi) is 11.9. The lowest BCUT2D eigenvalue weighted by Gasteiger charge is -2.44. The maximum absolute atomic E-state index is 14.5. The van der Waals surface area contributed by atoms with Crippen molar-refractivity contribution in [1.82, 2.24) is 19.5 Å². The number of allylic oxidation sites excluding steroid dienone is 3. The minimum Gasteiger partial charge on any atom is -0.443 e. The first-order chi connectivity index (χ1) is 27.7. The van der Waals surface area contributed by atoms with Crippen LogP contribution in [-0.4, -0.2) is 66.2 Å². The van der Waals surface area contributed by atoms with E-state index in [9.17, 15) is 18.0 Å². The number of ether oxygens (including phenoxy) is 2. The number of fused-ring (bicyclic) bond motifs is 1. The van der Waals surface area contributed by atoms with Gasteiger partial charge < -0.3 is 18.5 Å². The van der Waals surface area contributed by atoms with Crippen molar-refractivity contribution in [3.05, 3.63) is 127 Å².